The lowest BCUT2D eigenvalue weighted by atomic mass is 10.0. The maximum absolute atomic E-state index is 13.1. The minimum atomic E-state index is -0.185. The fourth-order valence-electron chi connectivity index (χ4n) is 4.49. The molecule has 0 bridgehead atoms. The third kappa shape index (κ3) is 5.14. The zero-order chi connectivity index (χ0) is 21.8. The quantitative estimate of drug-likeness (QED) is 0.596. The molecular weight excluding hydrogens is 393 g/mol. The molecular formula is C25H30FN3O2. The first-order valence-corrected chi connectivity index (χ1v) is 11.0. The summed E-state index contributed by atoms with van der Waals surface area (Å²) in [5.74, 6) is -0.360. The van der Waals surface area contributed by atoms with Gasteiger partial charge < -0.3 is 19.9 Å². The summed E-state index contributed by atoms with van der Waals surface area (Å²) in [4.78, 5) is 14.3. The molecule has 6 heteroatoms. The van der Waals surface area contributed by atoms with Crippen LogP contribution in [0.4, 0.5) is 10.1 Å². The number of fused-ring (bicyclic) bond motifs is 1. The Balaban J connectivity index is 1.40. The van der Waals surface area contributed by atoms with Gasteiger partial charge in [0.1, 0.15) is 5.82 Å². The number of benzene rings is 2. The van der Waals surface area contributed by atoms with Gasteiger partial charge in [0.2, 0.25) is 5.91 Å². The Bertz CT molecular complexity index is 1040. The first kappa shape index (κ1) is 21.5. The molecule has 164 valence electrons. The molecule has 0 unspecified atom stereocenters. The second kappa shape index (κ2) is 9.62. The molecule has 1 amide bonds. The Morgan fingerprint density at radius 2 is 1.90 bits per heavy atom. The van der Waals surface area contributed by atoms with E-state index in [4.69, 9.17) is 5.11 Å². The number of amides is 1. The number of aryl methyl sites for hydroxylation is 1. The first-order valence-electron chi connectivity index (χ1n) is 11.0. The number of hydrogen-bond acceptors (Lipinski definition) is 3. The van der Waals surface area contributed by atoms with Crippen molar-refractivity contribution in [2.45, 2.75) is 38.6 Å². The van der Waals surface area contributed by atoms with Crippen LogP contribution in [0.1, 0.15) is 36.4 Å². The van der Waals surface area contributed by atoms with Crippen molar-refractivity contribution in [2.75, 3.05) is 31.6 Å². The molecule has 1 aromatic heterocycles. The Kier molecular flexibility index (Phi) is 6.68. The van der Waals surface area contributed by atoms with Crippen LogP contribution in [0.25, 0.3) is 10.9 Å². The lowest BCUT2D eigenvalue weighted by molar-refractivity contribution is -0.116. The van der Waals surface area contributed by atoms with E-state index in [0.717, 1.165) is 50.1 Å². The van der Waals surface area contributed by atoms with Crippen LogP contribution in [0.3, 0.4) is 0 Å². The van der Waals surface area contributed by atoms with E-state index in [-0.39, 0.29) is 24.8 Å². The molecule has 0 saturated carbocycles. The highest BCUT2D eigenvalue weighted by Gasteiger charge is 2.22. The summed E-state index contributed by atoms with van der Waals surface area (Å²) >= 11 is 0. The van der Waals surface area contributed by atoms with Crippen LogP contribution in [-0.4, -0.2) is 46.7 Å². The van der Waals surface area contributed by atoms with E-state index in [1.165, 1.54) is 28.6 Å². The third-order valence-corrected chi connectivity index (χ3v) is 6.24. The molecule has 0 atom stereocenters. The number of hydrogen-bond donors (Lipinski definition) is 2. The number of carbonyl (C=O) groups excluding carboxylic acids is 1. The van der Waals surface area contributed by atoms with Crippen molar-refractivity contribution in [3.05, 3.63) is 65.6 Å². The van der Waals surface area contributed by atoms with Gasteiger partial charge in [0, 0.05) is 42.9 Å². The summed E-state index contributed by atoms with van der Waals surface area (Å²) < 4.78 is 15.4. The number of halogens is 1. The molecule has 31 heavy (non-hydrogen) atoms. The van der Waals surface area contributed by atoms with E-state index in [9.17, 15) is 9.18 Å². The summed E-state index contributed by atoms with van der Waals surface area (Å²) in [6, 6.07) is 13.3. The molecule has 1 aliphatic rings. The normalized spacial score (nSPS) is 15.5. The van der Waals surface area contributed by atoms with Gasteiger partial charge in [-0.05, 0) is 61.6 Å². The second-order valence-electron chi connectivity index (χ2n) is 8.42. The summed E-state index contributed by atoms with van der Waals surface area (Å²) in [6.45, 7) is 5.05. The molecule has 5 nitrogen and oxygen atoms in total. The third-order valence-electron chi connectivity index (χ3n) is 6.24. The van der Waals surface area contributed by atoms with Gasteiger partial charge in [0.05, 0.1) is 18.5 Å². The van der Waals surface area contributed by atoms with Crippen LogP contribution in [0.15, 0.2) is 48.7 Å². The van der Waals surface area contributed by atoms with Crippen molar-refractivity contribution >= 4 is 22.5 Å². The molecule has 2 heterocycles. The topological polar surface area (TPSA) is 57.5 Å². The average Bonchev–Trinajstić information content (AvgIpc) is 3.10. The molecule has 2 aromatic carbocycles. The number of piperidine rings is 1. The molecule has 4 rings (SSSR count). The van der Waals surface area contributed by atoms with Gasteiger partial charge >= 0.3 is 0 Å². The highest BCUT2D eigenvalue weighted by atomic mass is 19.1. The first-order chi connectivity index (χ1) is 15.0. The Morgan fingerprint density at radius 3 is 2.61 bits per heavy atom. The molecule has 3 aromatic rings. The van der Waals surface area contributed by atoms with Crippen LogP contribution in [0, 0.1) is 12.7 Å². The second-order valence-corrected chi connectivity index (χ2v) is 8.42. The van der Waals surface area contributed by atoms with Crippen LogP contribution < -0.4 is 5.32 Å². The monoisotopic (exact) mass is 423 g/mol. The minimum Gasteiger partial charge on any atom is -0.396 e. The predicted octanol–water partition coefficient (Wildman–Crippen LogP) is 4.29. The van der Waals surface area contributed by atoms with E-state index >= 15 is 0 Å². The van der Waals surface area contributed by atoms with E-state index in [2.05, 4.69) is 34.0 Å². The maximum Gasteiger partial charge on any atom is 0.226 e. The predicted molar refractivity (Wildman–Crippen MR) is 122 cm³/mol. The summed E-state index contributed by atoms with van der Waals surface area (Å²) in [5, 5.41) is 13.0. The number of nitrogens with zero attached hydrogens (tertiary/aromatic N) is 2. The molecule has 2 N–H and O–H groups in total. The van der Waals surface area contributed by atoms with E-state index in [1.54, 1.807) is 0 Å². The largest absolute Gasteiger partial charge is 0.396 e. The van der Waals surface area contributed by atoms with Gasteiger partial charge in [-0.2, -0.15) is 0 Å². The molecule has 0 aliphatic carbocycles. The Morgan fingerprint density at radius 1 is 1.16 bits per heavy atom. The fraction of sp³-hybridized carbons (Fsp3) is 0.400. The van der Waals surface area contributed by atoms with Crippen LogP contribution in [-0.2, 0) is 11.2 Å². The summed E-state index contributed by atoms with van der Waals surface area (Å²) in [7, 11) is 0. The van der Waals surface area contributed by atoms with Crippen molar-refractivity contribution in [3.63, 3.8) is 0 Å². The zero-order valence-electron chi connectivity index (χ0n) is 18.0. The standard InChI is InChI=1S/C25H30FN3O2/c1-18-17-29(24-16-21(6-7-23(18)24)27-25(31)11-15-30)22-9-13-28(14-10-22)12-8-19-2-4-20(26)5-3-19/h2-7,16-17,22,30H,8-15H2,1H3,(H,27,31). The van der Waals surface area contributed by atoms with Crippen molar-refractivity contribution in [1.29, 1.82) is 0 Å². The molecule has 0 radical (unpaired) electrons. The number of nitrogens with one attached hydrogen (secondary N) is 1. The van der Waals surface area contributed by atoms with E-state index in [1.807, 2.05) is 24.3 Å². The summed E-state index contributed by atoms with van der Waals surface area (Å²) in [6.07, 6.45) is 5.42. The van der Waals surface area contributed by atoms with Gasteiger partial charge in [-0.1, -0.05) is 18.2 Å². The molecule has 1 saturated heterocycles. The highest BCUT2D eigenvalue weighted by Crippen LogP contribution is 2.31. The number of aliphatic hydroxyl groups excluding tert-OH is 1. The molecule has 1 fully saturated rings. The van der Waals surface area contributed by atoms with Gasteiger partial charge in [0.15, 0.2) is 0 Å². The Labute approximate surface area is 182 Å². The maximum atomic E-state index is 13.1. The number of rotatable bonds is 7. The van der Waals surface area contributed by atoms with Gasteiger partial charge in [-0.15, -0.1) is 0 Å². The van der Waals surface area contributed by atoms with E-state index < -0.39 is 0 Å². The Hall–Kier alpha value is -2.70. The van der Waals surface area contributed by atoms with Crippen LogP contribution >= 0.6 is 0 Å². The van der Waals surface area contributed by atoms with Gasteiger partial charge in [0.25, 0.3) is 0 Å². The molecule has 0 spiro atoms. The number of likely N-dealkylation sites (tertiary alicyclic amines) is 1. The van der Waals surface area contributed by atoms with Gasteiger partial charge in [-0.3, -0.25) is 4.79 Å². The van der Waals surface area contributed by atoms with Crippen molar-refractivity contribution in [2.24, 2.45) is 0 Å². The van der Waals surface area contributed by atoms with Crippen LogP contribution in [0.5, 0.6) is 0 Å². The lowest BCUT2D eigenvalue weighted by Crippen LogP contribution is -2.35. The number of aromatic nitrogens is 1. The molecule has 1 aliphatic heterocycles. The number of anilines is 1. The SMILES string of the molecule is Cc1cn(C2CCN(CCc3ccc(F)cc3)CC2)c2cc(NC(=O)CCO)ccc12. The zero-order valence-corrected chi connectivity index (χ0v) is 18.0. The number of aliphatic hydroxyl groups is 1. The minimum absolute atomic E-state index is 0.106. The van der Waals surface area contributed by atoms with Crippen molar-refractivity contribution < 1.29 is 14.3 Å². The van der Waals surface area contributed by atoms with Crippen molar-refractivity contribution in [1.82, 2.24) is 9.47 Å². The lowest BCUT2D eigenvalue weighted by Gasteiger charge is -2.33. The van der Waals surface area contributed by atoms with Gasteiger partial charge in [-0.25, -0.2) is 4.39 Å². The number of carbonyl (C=O) groups is 1. The highest BCUT2D eigenvalue weighted by molar-refractivity contribution is 5.94. The summed E-state index contributed by atoms with van der Waals surface area (Å²) in [5.41, 5.74) is 4.32. The van der Waals surface area contributed by atoms with Crippen molar-refractivity contribution in [3.8, 4) is 0 Å². The van der Waals surface area contributed by atoms with E-state index in [0.29, 0.717) is 6.04 Å². The average molecular weight is 424 g/mol. The fourth-order valence-corrected chi connectivity index (χ4v) is 4.49. The smallest absolute Gasteiger partial charge is 0.226 e. The van der Waals surface area contributed by atoms with Crippen LogP contribution in [0.2, 0.25) is 0 Å².